The van der Waals surface area contributed by atoms with Gasteiger partial charge in [0.15, 0.2) is 0 Å². The molecular formula is C13H15ClN4O. The summed E-state index contributed by atoms with van der Waals surface area (Å²) in [4.78, 5) is 6.60. The molecule has 100 valence electrons. The van der Waals surface area contributed by atoms with E-state index in [9.17, 15) is 0 Å². The van der Waals surface area contributed by atoms with Crippen LogP contribution in [0.5, 0.6) is 0 Å². The Morgan fingerprint density at radius 3 is 2.74 bits per heavy atom. The number of halogens is 1. The Hall–Kier alpha value is -1.43. The molecule has 6 heteroatoms. The summed E-state index contributed by atoms with van der Waals surface area (Å²) in [5.74, 6) is 1.21. The van der Waals surface area contributed by atoms with E-state index in [1.165, 1.54) is 0 Å². The van der Waals surface area contributed by atoms with Crippen molar-refractivity contribution < 1.29 is 4.52 Å². The fraction of sp³-hybridized carbons (Fsp3) is 0.385. The molecule has 0 aliphatic carbocycles. The molecule has 0 unspecified atom stereocenters. The van der Waals surface area contributed by atoms with Gasteiger partial charge in [0.05, 0.1) is 6.04 Å². The molecule has 0 spiro atoms. The molecule has 1 aliphatic heterocycles. The van der Waals surface area contributed by atoms with E-state index in [1.54, 1.807) is 0 Å². The number of hydrogen-bond donors (Lipinski definition) is 1. The molecule has 5 nitrogen and oxygen atoms in total. The summed E-state index contributed by atoms with van der Waals surface area (Å²) in [5.41, 5.74) is 6.83. The minimum atomic E-state index is 0.114. The number of nitrogens with two attached hydrogens (primary N) is 1. The van der Waals surface area contributed by atoms with Gasteiger partial charge in [0.25, 0.3) is 0 Å². The maximum atomic E-state index is 5.94. The first-order chi connectivity index (χ1) is 9.13. The van der Waals surface area contributed by atoms with Crippen LogP contribution in [0.4, 0.5) is 0 Å². The number of nitrogens with zero attached hydrogens (tertiary/aromatic N) is 3. The van der Waals surface area contributed by atoms with E-state index in [1.807, 2.05) is 31.3 Å². The molecule has 2 heterocycles. The van der Waals surface area contributed by atoms with E-state index in [-0.39, 0.29) is 12.1 Å². The van der Waals surface area contributed by atoms with Gasteiger partial charge >= 0.3 is 0 Å². The molecule has 1 aromatic heterocycles. The summed E-state index contributed by atoms with van der Waals surface area (Å²) in [7, 11) is 2.02. The summed E-state index contributed by atoms with van der Waals surface area (Å²) in [6.45, 7) is 0.851. The number of likely N-dealkylation sites (N-methyl/N-ethyl adjacent to an activating group) is 1. The number of hydrogen-bond acceptors (Lipinski definition) is 5. The highest BCUT2D eigenvalue weighted by Crippen LogP contribution is 2.30. The largest absolute Gasteiger partial charge is 0.337 e. The van der Waals surface area contributed by atoms with E-state index in [0.717, 1.165) is 18.5 Å². The molecular weight excluding hydrogens is 264 g/mol. The van der Waals surface area contributed by atoms with Crippen LogP contribution >= 0.6 is 11.6 Å². The van der Waals surface area contributed by atoms with Gasteiger partial charge in [-0.15, -0.1) is 0 Å². The molecule has 0 saturated carbocycles. The Labute approximate surface area is 116 Å². The standard InChI is InChI=1S/C13H15ClN4O/c1-18-7-10(15)6-11(18)13-16-12(17-19-13)8-2-4-9(14)5-3-8/h2-5,10-11H,6-7,15H2,1H3/t10-,11-/m0/s1. The van der Waals surface area contributed by atoms with Crippen molar-refractivity contribution in [3.05, 3.63) is 35.2 Å². The predicted molar refractivity (Wildman–Crippen MR) is 72.7 cm³/mol. The SMILES string of the molecule is CN1C[C@@H](N)C[C@H]1c1nc(-c2ccc(Cl)cc2)no1. The fourth-order valence-electron chi connectivity index (χ4n) is 2.41. The quantitative estimate of drug-likeness (QED) is 0.911. The van der Waals surface area contributed by atoms with Crippen molar-refractivity contribution >= 4 is 11.6 Å². The van der Waals surface area contributed by atoms with Gasteiger partial charge in [-0.25, -0.2) is 0 Å². The van der Waals surface area contributed by atoms with Crippen LogP contribution < -0.4 is 5.73 Å². The highest BCUT2D eigenvalue weighted by molar-refractivity contribution is 6.30. The first-order valence-electron chi connectivity index (χ1n) is 6.19. The van der Waals surface area contributed by atoms with Gasteiger partial charge in [-0.1, -0.05) is 16.8 Å². The molecule has 1 fully saturated rings. The Morgan fingerprint density at radius 2 is 2.11 bits per heavy atom. The van der Waals surface area contributed by atoms with Crippen LogP contribution in [-0.4, -0.2) is 34.7 Å². The zero-order valence-corrected chi connectivity index (χ0v) is 11.3. The molecule has 0 amide bonds. The van der Waals surface area contributed by atoms with Gasteiger partial charge in [0.1, 0.15) is 0 Å². The lowest BCUT2D eigenvalue weighted by Crippen LogP contribution is -2.24. The molecule has 2 atom stereocenters. The van der Waals surface area contributed by atoms with Crippen LogP contribution in [0.2, 0.25) is 5.02 Å². The summed E-state index contributed by atoms with van der Waals surface area (Å²) >= 11 is 5.86. The second-order valence-electron chi connectivity index (χ2n) is 4.91. The Morgan fingerprint density at radius 1 is 1.37 bits per heavy atom. The smallest absolute Gasteiger partial charge is 0.244 e. The lowest BCUT2D eigenvalue weighted by Gasteiger charge is -2.13. The van der Waals surface area contributed by atoms with Crippen molar-refractivity contribution in [3.63, 3.8) is 0 Å². The molecule has 19 heavy (non-hydrogen) atoms. The van der Waals surface area contributed by atoms with E-state index in [2.05, 4.69) is 15.0 Å². The van der Waals surface area contributed by atoms with Crippen LogP contribution in [-0.2, 0) is 0 Å². The van der Waals surface area contributed by atoms with Crippen molar-refractivity contribution in [2.75, 3.05) is 13.6 Å². The van der Waals surface area contributed by atoms with Crippen LogP contribution in [0, 0.1) is 0 Å². The molecule has 3 rings (SSSR count). The van der Waals surface area contributed by atoms with E-state index >= 15 is 0 Å². The maximum absolute atomic E-state index is 5.94. The summed E-state index contributed by atoms with van der Waals surface area (Å²) in [5, 5.41) is 4.71. The summed E-state index contributed by atoms with van der Waals surface area (Å²) < 4.78 is 5.36. The Balaban J connectivity index is 1.85. The van der Waals surface area contributed by atoms with Crippen molar-refractivity contribution in [2.45, 2.75) is 18.5 Å². The molecule has 1 aliphatic rings. The number of likely N-dealkylation sites (tertiary alicyclic amines) is 1. The molecule has 2 aromatic rings. The number of benzene rings is 1. The van der Waals surface area contributed by atoms with E-state index in [0.29, 0.717) is 16.7 Å². The minimum absolute atomic E-state index is 0.114. The average Bonchev–Trinajstić information content (AvgIpc) is 2.97. The third kappa shape index (κ3) is 2.49. The van der Waals surface area contributed by atoms with Gasteiger partial charge in [-0.05, 0) is 37.7 Å². The first kappa shape index (κ1) is 12.6. The Kier molecular flexibility index (Phi) is 3.26. The first-order valence-corrected chi connectivity index (χ1v) is 6.56. The second kappa shape index (κ2) is 4.92. The fourth-order valence-corrected chi connectivity index (χ4v) is 2.54. The topological polar surface area (TPSA) is 68.2 Å². The zero-order chi connectivity index (χ0) is 13.4. The summed E-state index contributed by atoms with van der Waals surface area (Å²) in [6, 6.07) is 7.65. The van der Waals surface area contributed by atoms with Crippen molar-refractivity contribution in [3.8, 4) is 11.4 Å². The van der Waals surface area contributed by atoms with Gasteiger partial charge in [-0.3, -0.25) is 4.90 Å². The predicted octanol–water partition coefficient (Wildman–Crippen LogP) is 2.09. The third-order valence-electron chi connectivity index (χ3n) is 3.41. The number of aromatic nitrogens is 2. The molecule has 1 saturated heterocycles. The maximum Gasteiger partial charge on any atom is 0.244 e. The van der Waals surface area contributed by atoms with Gasteiger partial charge in [0.2, 0.25) is 11.7 Å². The van der Waals surface area contributed by atoms with Crippen LogP contribution in [0.15, 0.2) is 28.8 Å². The van der Waals surface area contributed by atoms with Gasteiger partial charge in [-0.2, -0.15) is 4.98 Å². The monoisotopic (exact) mass is 278 g/mol. The van der Waals surface area contributed by atoms with Gasteiger partial charge in [0, 0.05) is 23.2 Å². The molecule has 2 N–H and O–H groups in total. The normalized spacial score (nSPS) is 23.9. The van der Waals surface area contributed by atoms with E-state index < -0.39 is 0 Å². The Bertz CT molecular complexity index is 568. The molecule has 1 aromatic carbocycles. The number of rotatable bonds is 2. The molecule has 0 radical (unpaired) electrons. The summed E-state index contributed by atoms with van der Waals surface area (Å²) in [6.07, 6.45) is 0.846. The van der Waals surface area contributed by atoms with Crippen molar-refractivity contribution in [1.82, 2.24) is 15.0 Å². The minimum Gasteiger partial charge on any atom is -0.337 e. The van der Waals surface area contributed by atoms with Crippen molar-refractivity contribution in [2.24, 2.45) is 5.73 Å². The molecule has 0 bridgehead atoms. The zero-order valence-electron chi connectivity index (χ0n) is 10.6. The third-order valence-corrected chi connectivity index (χ3v) is 3.66. The van der Waals surface area contributed by atoms with Gasteiger partial charge < -0.3 is 10.3 Å². The average molecular weight is 279 g/mol. The lowest BCUT2D eigenvalue weighted by molar-refractivity contribution is 0.244. The van der Waals surface area contributed by atoms with Crippen molar-refractivity contribution in [1.29, 1.82) is 0 Å². The van der Waals surface area contributed by atoms with E-state index in [4.69, 9.17) is 21.9 Å². The van der Waals surface area contributed by atoms with Crippen LogP contribution in [0.3, 0.4) is 0 Å². The second-order valence-corrected chi connectivity index (χ2v) is 5.35. The highest BCUT2D eigenvalue weighted by Gasteiger charge is 2.32. The lowest BCUT2D eigenvalue weighted by atomic mass is 10.2. The van der Waals surface area contributed by atoms with Crippen LogP contribution in [0.25, 0.3) is 11.4 Å². The highest BCUT2D eigenvalue weighted by atomic mass is 35.5. The van der Waals surface area contributed by atoms with Crippen LogP contribution in [0.1, 0.15) is 18.4 Å².